The lowest BCUT2D eigenvalue weighted by Crippen LogP contribution is -2.46. The number of anilines is 1. The number of rotatable bonds is 5. The molecular formula is C22H24N4O3S. The number of nitrogens with one attached hydrogen (secondary N) is 2. The smallest absolute Gasteiger partial charge is 0.321 e. The molecule has 7 nitrogen and oxygen atoms in total. The van der Waals surface area contributed by atoms with E-state index in [0.29, 0.717) is 31.2 Å². The van der Waals surface area contributed by atoms with Crippen molar-refractivity contribution < 1.29 is 14.0 Å². The summed E-state index contributed by atoms with van der Waals surface area (Å²) in [6.45, 7) is 3.32. The summed E-state index contributed by atoms with van der Waals surface area (Å²) in [6, 6.07) is 12.9. The van der Waals surface area contributed by atoms with Crippen molar-refractivity contribution in [3.63, 3.8) is 0 Å². The Balaban J connectivity index is 1.29. The SMILES string of the molecule is Cc1nc(-c2ccc(CNC(=O)[C@H]3CCCN(C(=O)Nc4ccccc4)C3)o2)cs1. The Morgan fingerprint density at radius 1 is 1.23 bits per heavy atom. The Hall–Kier alpha value is -3.13. The van der Waals surface area contributed by atoms with Crippen LogP contribution in [0, 0.1) is 12.8 Å². The number of carbonyl (C=O) groups is 2. The van der Waals surface area contributed by atoms with Crippen LogP contribution in [0.4, 0.5) is 10.5 Å². The van der Waals surface area contributed by atoms with Crippen molar-refractivity contribution in [3.05, 3.63) is 58.6 Å². The van der Waals surface area contributed by atoms with Crippen LogP contribution in [0.5, 0.6) is 0 Å². The number of likely N-dealkylation sites (tertiary alicyclic amines) is 1. The number of para-hydroxylation sites is 1. The predicted molar refractivity (Wildman–Crippen MR) is 116 cm³/mol. The molecule has 8 heteroatoms. The van der Waals surface area contributed by atoms with Crippen molar-refractivity contribution in [2.75, 3.05) is 18.4 Å². The second kappa shape index (κ2) is 9.13. The number of furan rings is 1. The number of hydrogen-bond acceptors (Lipinski definition) is 5. The van der Waals surface area contributed by atoms with Crippen molar-refractivity contribution in [2.45, 2.75) is 26.3 Å². The van der Waals surface area contributed by atoms with Crippen molar-refractivity contribution >= 4 is 29.0 Å². The Morgan fingerprint density at radius 2 is 2.07 bits per heavy atom. The van der Waals surface area contributed by atoms with E-state index in [4.69, 9.17) is 4.42 Å². The zero-order valence-corrected chi connectivity index (χ0v) is 17.6. The number of aromatic nitrogens is 1. The van der Waals surface area contributed by atoms with Crippen LogP contribution in [-0.2, 0) is 11.3 Å². The van der Waals surface area contributed by atoms with Crippen LogP contribution >= 0.6 is 11.3 Å². The fourth-order valence-corrected chi connectivity index (χ4v) is 4.11. The fraction of sp³-hybridized carbons (Fsp3) is 0.318. The van der Waals surface area contributed by atoms with E-state index in [9.17, 15) is 9.59 Å². The van der Waals surface area contributed by atoms with Gasteiger partial charge in [-0.25, -0.2) is 9.78 Å². The summed E-state index contributed by atoms with van der Waals surface area (Å²) >= 11 is 1.57. The number of benzene rings is 1. The number of urea groups is 1. The van der Waals surface area contributed by atoms with E-state index in [1.807, 2.05) is 54.8 Å². The highest BCUT2D eigenvalue weighted by molar-refractivity contribution is 7.09. The first-order valence-corrected chi connectivity index (χ1v) is 10.9. The molecule has 2 aromatic heterocycles. The lowest BCUT2D eigenvalue weighted by Gasteiger charge is -2.32. The van der Waals surface area contributed by atoms with E-state index in [0.717, 1.165) is 29.2 Å². The van der Waals surface area contributed by atoms with Gasteiger partial charge in [0.25, 0.3) is 0 Å². The minimum atomic E-state index is -0.226. The Morgan fingerprint density at radius 3 is 2.83 bits per heavy atom. The summed E-state index contributed by atoms with van der Waals surface area (Å²) in [5, 5.41) is 8.76. The highest BCUT2D eigenvalue weighted by Gasteiger charge is 2.28. The number of nitrogens with zero attached hydrogens (tertiary/aromatic N) is 2. The molecule has 3 heterocycles. The molecule has 0 spiro atoms. The molecule has 3 aromatic rings. The summed E-state index contributed by atoms with van der Waals surface area (Å²) in [6.07, 6.45) is 1.57. The first-order chi connectivity index (χ1) is 14.6. The van der Waals surface area contributed by atoms with Gasteiger partial charge >= 0.3 is 6.03 Å². The van der Waals surface area contributed by atoms with Gasteiger partial charge in [0.05, 0.1) is 17.5 Å². The minimum absolute atomic E-state index is 0.0605. The van der Waals surface area contributed by atoms with Gasteiger partial charge < -0.3 is 20.0 Å². The summed E-state index contributed by atoms with van der Waals surface area (Å²) in [4.78, 5) is 31.3. The maximum absolute atomic E-state index is 12.7. The van der Waals surface area contributed by atoms with Crippen molar-refractivity contribution in [3.8, 4) is 11.5 Å². The van der Waals surface area contributed by atoms with E-state index in [1.54, 1.807) is 16.2 Å². The molecule has 0 aliphatic carbocycles. The van der Waals surface area contributed by atoms with Crippen molar-refractivity contribution in [1.82, 2.24) is 15.2 Å². The summed E-state index contributed by atoms with van der Waals surface area (Å²) in [7, 11) is 0. The highest BCUT2D eigenvalue weighted by Crippen LogP contribution is 2.24. The van der Waals surface area contributed by atoms with Gasteiger partial charge in [-0.05, 0) is 44.0 Å². The zero-order chi connectivity index (χ0) is 20.9. The Kier molecular flexibility index (Phi) is 6.13. The minimum Gasteiger partial charge on any atom is -0.458 e. The second-order valence-corrected chi connectivity index (χ2v) is 8.38. The van der Waals surface area contributed by atoms with E-state index >= 15 is 0 Å². The standard InChI is InChI=1S/C22H24N4O3S/c1-15-24-19(14-30-15)20-10-9-18(29-20)12-23-21(27)16-6-5-11-26(13-16)22(28)25-17-7-3-2-4-8-17/h2-4,7-10,14,16H,5-6,11-13H2,1H3,(H,23,27)(H,25,28)/t16-/m0/s1. The molecule has 1 aliphatic heterocycles. The lowest BCUT2D eigenvalue weighted by atomic mass is 9.97. The van der Waals surface area contributed by atoms with Crippen LogP contribution in [0.15, 0.2) is 52.3 Å². The number of hydrogen-bond donors (Lipinski definition) is 2. The van der Waals surface area contributed by atoms with Gasteiger partial charge in [0.15, 0.2) is 5.76 Å². The summed E-state index contributed by atoms with van der Waals surface area (Å²) < 4.78 is 5.80. The van der Waals surface area contributed by atoms with E-state index < -0.39 is 0 Å². The van der Waals surface area contributed by atoms with Crippen molar-refractivity contribution in [2.24, 2.45) is 5.92 Å². The number of aryl methyl sites for hydroxylation is 1. The molecule has 2 N–H and O–H groups in total. The summed E-state index contributed by atoms with van der Waals surface area (Å²) in [5.41, 5.74) is 1.56. The van der Waals surface area contributed by atoms with E-state index in [1.165, 1.54) is 0 Å². The third kappa shape index (κ3) is 4.88. The van der Waals surface area contributed by atoms with Gasteiger partial charge in [-0.2, -0.15) is 0 Å². The van der Waals surface area contributed by atoms with Gasteiger partial charge in [-0.15, -0.1) is 11.3 Å². The Labute approximate surface area is 179 Å². The molecule has 156 valence electrons. The lowest BCUT2D eigenvalue weighted by molar-refractivity contribution is -0.126. The van der Waals surface area contributed by atoms with Crippen LogP contribution in [0.25, 0.3) is 11.5 Å². The summed E-state index contributed by atoms with van der Waals surface area (Å²) in [5.74, 6) is 1.09. The van der Waals surface area contributed by atoms with Crippen LogP contribution < -0.4 is 10.6 Å². The third-order valence-corrected chi connectivity index (χ3v) is 5.85. The topological polar surface area (TPSA) is 87.5 Å². The number of thiazole rings is 1. The molecule has 1 fully saturated rings. The highest BCUT2D eigenvalue weighted by atomic mass is 32.1. The van der Waals surface area contributed by atoms with Gasteiger partial charge in [-0.1, -0.05) is 18.2 Å². The molecule has 0 bridgehead atoms. The number of piperidine rings is 1. The molecule has 1 saturated heterocycles. The molecule has 1 aromatic carbocycles. The molecule has 1 aliphatic rings. The fourth-order valence-electron chi connectivity index (χ4n) is 3.51. The molecule has 1 atom stereocenters. The van der Waals surface area contributed by atoms with Crippen LogP contribution in [0.3, 0.4) is 0 Å². The van der Waals surface area contributed by atoms with Gasteiger partial charge in [0.1, 0.15) is 11.5 Å². The number of amides is 3. The maximum Gasteiger partial charge on any atom is 0.321 e. The predicted octanol–water partition coefficient (Wildman–Crippen LogP) is 4.27. The third-order valence-electron chi connectivity index (χ3n) is 5.07. The van der Waals surface area contributed by atoms with Gasteiger partial charge in [0.2, 0.25) is 5.91 Å². The molecule has 0 saturated carbocycles. The normalized spacial score (nSPS) is 16.3. The number of carbonyl (C=O) groups excluding carboxylic acids is 2. The zero-order valence-electron chi connectivity index (χ0n) is 16.8. The molecule has 30 heavy (non-hydrogen) atoms. The molecule has 0 radical (unpaired) electrons. The van der Waals surface area contributed by atoms with Crippen molar-refractivity contribution in [1.29, 1.82) is 0 Å². The van der Waals surface area contributed by atoms with Gasteiger partial charge in [0, 0.05) is 24.2 Å². The van der Waals surface area contributed by atoms with E-state index in [-0.39, 0.29) is 17.9 Å². The average Bonchev–Trinajstić information content (AvgIpc) is 3.41. The molecular weight excluding hydrogens is 400 g/mol. The largest absolute Gasteiger partial charge is 0.458 e. The molecule has 0 unspecified atom stereocenters. The molecule has 4 rings (SSSR count). The van der Waals surface area contributed by atoms with Crippen LogP contribution in [0.2, 0.25) is 0 Å². The monoisotopic (exact) mass is 424 g/mol. The second-order valence-electron chi connectivity index (χ2n) is 7.32. The molecule has 3 amide bonds. The maximum atomic E-state index is 12.7. The Bertz CT molecular complexity index is 1010. The van der Waals surface area contributed by atoms with Crippen LogP contribution in [0.1, 0.15) is 23.6 Å². The van der Waals surface area contributed by atoms with Crippen LogP contribution in [-0.4, -0.2) is 34.9 Å². The quantitative estimate of drug-likeness (QED) is 0.640. The first-order valence-electron chi connectivity index (χ1n) is 9.98. The average molecular weight is 425 g/mol. The first kappa shape index (κ1) is 20.2. The van der Waals surface area contributed by atoms with E-state index in [2.05, 4.69) is 15.6 Å². The van der Waals surface area contributed by atoms with Gasteiger partial charge in [-0.3, -0.25) is 4.79 Å².